The van der Waals surface area contributed by atoms with E-state index in [4.69, 9.17) is 0 Å². The SMILES string of the molecule is CC(=O)Nc1ccc(C(=O)CSc2ncnc3sc4c(c23)CCC(C)C4)cc1. The Hall–Kier alpha value is -2.25. The fourth-order valence-corrected chi connectivity index (χ4v) is 5.85. The quantitative estimate of drug-likeness (QED) is 0.373. The van der Waals surface area contributed by atoms with E-state index in [0.717, 1.165) is 28.1 Å². The van der Waals surface area contributed by atoms with Crippen LogP contribution < -0.4 is 5.32 Å². The lowest BCUT2D eigenvalue weighted by Crippen LogP contribution is -2.09. The standard InChI is InChI=1S/C21H21N3O2S2/c1-12-3-8-16-18(9-12)28-21-19(16)20(22-11-23-21)27-10-17(26)14-4-6-15(7-5-14)24-13(2)25/h4-7,11-12H,3,8-10H2,1-2H3,(H,24,25). The number of carbonyl (C=O) groups is 2. The number of Topliss-reactive ketones (excluding diaryl/α,β-unsaturated/α-hetero) is 1. The van der Waals surface area contributed by atoms with Crippen molar-refractivity contribution in [3.63, 3.8) is 0 Å². The number of ketones is 1. The molecule has 0 saturated heterocycles. The van der Waals surface area contributed by atoms with Gasteiger partial charge in [0, 0.05) is 28.4 Å². The number of hydrogen-bond donors (Lipinski definition) is 1. The first-order valence-corrected chi connectivity index (χ1v) is 11.1. The molecule has 5 nitrogen and oxygen atoms in total. The molecule has 0 bridgehead atoms. The van der Waals surface area contributed by atoms with Crippen LogP contribution in [0.2, 0.25) is 0 Å². The van der Waals surface area contributed by atoms with Crippen LogP contribution in [0.3, 0.4) is 0 Å². The van der Waals surface area contributed by atoms with Crippen LogP contribution in [0.1, 0.15) is 41.1 Å². The van der Waals surface area contributed by atoms with Crippen LogP contribution in [-0.2, 0) is 17.6 Å². The molecule has 7 heteroatoms. The molecule has 0 fully saturated rings. The van der Waals surface area contributed by atoms with Gasteiger partial charge in [0.2, 0.25) is 5.91 Å². The molecule has 2 aromatic heterocycles. The van der Waals surface area contributed by atoms with Gasteiger partial charge in [-0.1, -0.05) is 18.7 Å². The minimum Gasteiger partial charge on any atom is -0.326 e. The van der Waals surface area contributed by atoms with Crippen molar-refractivity contribution in [2.45, 2.75) is 38.1 Å². The van der Waals surface area contributed by atoms with Crippen LogP contribution in [0, 0.1) is 5.92 Å². The van der Waals surface area contributed by atoms with Crippen molar-refractivity contribution in [1.82, 2.24) is 9.97 Å². The summed E-state index contributed by atoms with van der Waals surface area (Å²) in [5.74, 6) is 0.957. The van der Waals surface area contributed by atoms with Gasteiger partial charge in [0.25, 0.3) is 0 Å². The molecule has 1 unspecified atom stereocenters. The van der Waals surface area contributed by atoms with Gasteiger partial charge in [-0.3, -0.25) is 9.59 Å². The first kappa shape index (κ1) is 19.1. The van der Waals surface area contributed by atoms with Crippen molar-refractivity contribution in [2.75, 3.05) is 11.1 Å². The van der Waals surface area contributed by atoms with Crippen LogP contribution in [0.4, 0.5) is 5.69 Å². The smallest absolute Gasteiger partial charge is 0.221 e. The van der Waals surface area contributed by atoms with Crippen molar-refractivity contribution in [3.05, 3.63) is 46.6 Å². The first-order valence-electron chi connectivity index (χ1n) is 9.30. The van der Waals surface area contributed by atoms with Crippen LogP contribution in [0.15, 0.2) is 35.6 Å². The molecule has 1 amide bonds. The monoisotopic (exact) mass is 411 g/mol. The number of amides is 1. The van der Waals surface area contributed by atoms with E-state index in [9.17, 15) is 9.59 Å². The average molecular weight is 412 g/mol. The van der Waals surface area contributed by atoms with Crippen molar-refractivity contribution in [3.8, 4) is 0 Å². The van der Waals surface area contributed by atoms with Gasteiger partial charge in [-0.15, -0.1) is 11.3 Å². The minimum absolute atomic E-state index is 0.0452. The molecule has 3 aromatic rings. The second kappa shape index (κ2) is 8.01. The van der Waals surface area contributed by atoms with Gasteiger partial charge in [0.1, 0.15) is 16.2 Å². The predicted molar refractivity (Wildman–Crippen MR) is 114 cm³/mol. The highest BCUT2D eigenvalue weighted by atomic mass is 32.2. The van der Waals surface area contributed by atoms with Gasteiger partial charge in [-0.2, -0.15) is 0 Å². The zero-order valence-electron chi connectivity index (χ0n) is 15.8. The Morgan fingerprint density at radius 3 is 2.79 bits per heavy atom. The number of aromatic nitrogens is 2. The minimum atomic E-state index is -0.129. The first-order chi connectivity index (χ1) is 13.5. The number of fused-ring (bicyclic) bond motifs is 3. The van der Waals surface area contributed by atoms with E-state index in [2.05, 4.69) is 22.2 Å². The highest BCUT2D eigenvalue weighted by molar-refractivity contribution is 8.00. The molecule has 0 saturated carbocycles. The maximum absolute atomic E-state index is 12.6. The van der Waals surface area contributed by atoms with Gasteiger partial charge in [-0.05, 0) is 55.0 Å². The maximum Gasteiger partial charge on any atom is 0.221 e. The largest absolute Gasteiger partial charge is 0.326 e. The molecule has 144 valence electrons. The lowest BCUT2D eigenvalue weighted by molar-refractivity contribution is -0.114. The summed E-state index contributed by atoms with van der Waals surface area (Å²) in [6.45, 7) is 3.76. The van der Waals surface area contributed by atoms with E-state index >= 15 is 0 Å². The molecule has 1 atom stereocenters. The molecule has 0 aliphatic heterocycles. The Morgan fingerprint density at radius 1 is 1.25 bits per heavy atom. The molecule has 1 aliphatic rings. The van der Waals surface area contributed by atoms with Crippen LogP contribution in [-0.4, -0.2) is 27.4 Å². The van der Waals surface area contributed by atoms with E-state index < -0.39 is 0 Å². The number of thiophene rings is 1. The number of carbonyl (C=O) groups excluding carboxylic acids is 2. The van der Waals surface area contributed by atoms with E-state index in [1.807, 2.05) is 0 Å². The number of thioether (sulfide) groups is 1. The topological polar surface area (TPSA) is 72.0 Å². The van der Waals surface area contributed by atoms with E-state index in [1.165, 1.54) is 35.5 Å². The van der Waals surface area contributed by atoms with Crippen LogP contribution in [0.25, 0.3) is 10.2 Å². The number of anilines is 1. The predicted octanol–water partition coefficient (Wildman–Crippen LogP) is 4.75. The van der Waals surface area contributed by atoms with Crippen molar-refractivity contribution in [2.24, 2.45) is 5.92 Å². The Bertz CT molecular complexity index is 1040. The highest BCUT2D eigenvalue weighted by Crippen LogP contribution is 2.40. The third-order valence-corrected chi connectivity index (χ3v) is 7.08. The molecular weight excluding hydrogens is 390 g/mol. The van der Waals surface area contributed by atoms with Crippen LogP contribution in [0.5, 0.6) is 0 Å². The molecule has 1 aliphatic carbocycles. The van der Waals surface area contributed by atoms with Gasteiger partial charge < -0.3 is 5.32 Å². The number of hydrogen-bond acceptors (Lipinski definition) is 6. The summed E-state index contributed by atoms with van der Waals surface area (Å²) in [5.41, 5.74) is 2.70. The van der Waals surface area contributed by atoms with Crippen molar-refractivity contribution >= 4 is 50.7 Å². The summed E-state index contributed by atoms with van der Waals surface area (Å²) >= 11 is 3.25. The molecule has 2 heterocycles. The second-order valence-corrected chi connectivity index (χ2v) is 9.23. The lowest BCUT2D eigenvalue weighted by Gasteiger charge is -2.18. The molecule has 28 heavy (non-hydrogen) atoms. The average Bonchev–Trinajstić information content (AvgIpc) is 3.04. The van der Waals surface area contributed by atoms with E-state index in [1.54, 1.807) is 41.9 Å². The summed E-state index contributed by atoms with van der Waals surface area (Å²) in [5, 5.41) is 4.76. The molecule has 4 rings (SSSR count). The Balaban J connectivity index is 1.51. The second-order valence-electron chi connectivity index (χ2n) is 7.18. The molecule has 1 aromatic carbocycles. The number of nitrogens with one attached hydrogen (secondary N) is 1. The molecular formula is C21H21N3O2S2. The molecule has 0 spiro atoms. The van der Waals surface area contributed by atoms with Gasteiger partial charge in [0.15, 0.2) is 5.78 Å². The number of benzene rings is 1. The Kier molecular flexibility index (Phi) is 5.46. The Morgan fingerprint density at radius 2 is 2.04 bits per heavy atom. The number of aryl methyl sites for hydroxylation is 1. The summed E-state index contributed by atoms with van der Waals surface area (Å²) < 4.78 is 0. The van der Waals surface area contributed by atoms with E-state index in [-0.39, 0.29) is 11.7 Å². The third-order valence-electron chi connectivity index (χ3n) is 4.92. The fourth-order valence-electron chi connectivity index (χ4n) is 3.52. The van der Waals surface area contributed by atoms with Gasteiger partial charge in [-0.25, -0.2) is 9.97 Å². The third kappa shape index (κ3) is 3.95. The summed E-state index contributed by atoms with van der Waals surface area (Å²) in [7, 11) is 0. The zero-order valence-corrected chi connectivity index (χ0v) is 17.5. The highest BCUT2D eigenvalue weighted by Gasteiger charge is 2.23. The number of rotatable bonds is 5. The van der Waals surface area contributed by atoms with Crippen molar-refractivity contribution in [1.29, 1.82) is 0 Å². The maximum atomic E-state index is 12.6. The van der Waals surface area contributed by atoms with E-state index in [0.29, 0.717) is 22.9 Å². The number of nitrogens with zero attached hydrogens (tertiary/aromatic N) is 2. The van der Waals surface area contributed by atoms with Gasteiger partial charge >= 0.3 is 0 Å². The molecule has 0 radical (unpaired) electrons. The molecule has 1 N–H and O–H groups in total. The summed E-state index contributed by atoms with van der Waals surface area (Å²) in [4.78, 5) is 35.1. The summed E-state index contributed by atoms with van der Waals surface area (Å²) in [6.07, 6.45) is 4.97. The van der Waals surface area contributed by atoms with Gasteiger partial charge in [0.05, 0.1) is 5.75 Å². The Labute approximate surface area is 172 Å². The van der Waals surface area contributed by atoms with Crippen LogP contribution >= 0.6 is 23.1 Å². The summed E-state index contributed by atoms with van der Waals surface area (Å²) in [6, 6.07) is 6.99. The normalized spacial score (nSPS) is 16.0. The zero-order chi connectivity index (χ0) is 19.7. The lowest BCUT2D eigenvalue weighted by atomic mass is 9.89. The fraction of sp³-hybridized carbons (Fsp3) is 0.333. The van der Waals surface area contributed by atoms with Crippen molar-refractivity contribution < 1.29 is 9.59 Å².